The molecule has 4 saturated carbocycles. The van der Waals surface area contributed by atoms with Crippen molar-refractivity contribution in [2.75, 3.05) is 40.3 Å². The Hall–Kier alpha value is -2.18. The second kappa shape index (κ2) is 11.8. The molecule has 4 fully saturated rings. The van der Waals surface area contributed by atoms with E-state index in [0.29, 0.717) is 59.6 Å². The van der Waals surface area contributed by atoms with E-state index in [1.165, 1.54) is 49.7 Å². The van der Waals surface area contributed by atoms with Crippen LogP contribution in [0.4, 0.5) is 0 Å². The Labute approximate surface area is 271 Å². The highest BCUT2D eigenvalue weighted by atomic mass is 16.4. The number of carbonyl (C=O) groups excluding carboxylic acids is 1. The number of allylic oxidation sites excluding steroid dienone is 2. The molecule has 1 aromatic rings. The minimum atomic E-state index is -0.873. The van der Waals surface area contributed by atoms with Crippen LogP contribution >= 0.6 is 0 Å². The molecule has 0 heterocycles. The standard InChI is InChI=1S/C39H58N2O4/c1-36(2)29(26-9-11-27(12-10-26)34(43)44)15-19-38(4)32(36)17-20-37(3)30-16-21-39(35(45)41(24-25-42)23-22-40(5)6)18-7-8-31(39)28(30)13-14-33(37)38/h9-12,15,28,30-33,42H,7-8,13-14,16-25H2,1-6H3,(H,43,44). The molecular weight excluding hydrogens is 560 g/mol. The van der Waals surface area contributed by atoms with Gasteiger partial charge in [-0.3, -0.25) is 4.79 Å². The molecule has 1 aromatic carbocycles. The number of aliphatic hydroxyl groups excluding tert-OH is 1. The molecular formula is C39H58N2O4. The highest BCUT2D eigenvalue weighted by Crippen LogP contribution is 2.73. The third-order valence-corrected chi connectivity index (χ3v) is 14.4. The maximum absolute atomic E-state index is 14.4. The van der Waals surface area contributed by atoms with Gasteiger partial charge in [0.25, 0.3) is 0 Å². The number of benzene rings is 1. The van der Waals surface area contributed by atoms with Crippen LogP contribution in [0.1, 0.15) is 108 Å². The molecule has 45 heavy (non-hydrogen) atoms. The molecule has 6 heteroatoms. The van der Waals surface area contributed by atoms with Crippen molar-refractivity contribution in [3.05, 3.63) is 41.5 Å². The highest BCUT2D eigenvalue weighted by molar-refractivity contribution is 5.88. The summed E-state index contributed by atoms with van der Waals surface area (Å²) in [5.74, 6) is 2.52. The number of carboxylic acids is 1. The topological polar surface area (TPSA) is 81.1 Å². The second-order valence-corrected chi connectivity index (χ2v) is 16.9. The van der Waals surface area contributed by atoms with Gasteiger partial charge in [0.15, 0.2) is 0 Å². The fraction of sp³-hybridized carbons (Fsp3) is 0.744. The van der Waals surface area contributed by atoms with Crippen molar-refractivity contribution in [3.8, 4) is 0 Å². The van der Waals surface area contributed by atoms with Crippen LogP contribution in [0, 0.1) is 51.2 Å². The van der Waals surface area contributed by atoms with Gasteiger partial charge in [-0.25, -0.2) is 4.79 Å². The van der Waals surface area contributed by atoms with Crippen molar-refractivity contribution in [1.29, 1.82) is 0 Å². The van der Waals surface area contributed by atoms with Crippen molar-refractivity contribution in [2.45, 2.75) is 91.9 Å². The van der Waals surface area contributed by atoms with Crippen LogP contribution in [0.2, 0.25) is 0 Å². The Morgan fingerprint density at radius 1 is 0.822 bits per heavy atom. The first kappa shape index (κ1) is 32.7. The van der Waals surface area contributed by atoms with Crippen LogP contribution in [0.5, 0.6) is 0 Å². The molecule has 0 aliphatic heterocycles. The third kappa shape index (κ3) is 5.12. The van der Waals surface area contributed by atoms with E-state index in [0.717, 1.165) is 32.2 Å². The lowest BCUT2D eigenvalue weighted by Gasteiger charge is -2.68. The Morgan fingerprint density at radius 3 is 2.22 bits per heavy atom. The van der Waals surface area contributed by atoms with E-state index in [4.69, 9.17) is 0 Å². The van der Waals surface area contributed by atoms with Crippen LogP contribution < -0.4 is 0 Å². The zero-order chi connectivity index (χ0) is 32.4. The average Bonchev–Trinajstić information content (AvgIpc) is 3.44. The third-order valence-electron chi connectivity index (χ3n) is 14.4. The normalized spacial score (nSPS) is 38.4. The molecule has 6 rings (SSSR count). The molecule has 248 valence electrons. The lowest BCUT2D eigenvalue weighted by Crippen LogP contribution is -2.62. The zero-order valence-corrected chi connectivity index (χ0v) is 28.8. The lowest BCUT2D eigenvalue weighted by atomic mass is 9.36. The fourth-order valence-electron chi connectivity index (χ4n) is 12.5. The van der Waals surface area contributed by atoms with Crippen LogP contribution in [0.15, 0.2) is 30.3 Å². The Kier molecular flexibility index (Phi) is 8.59. The van der Waals surface area contributed by atoms with Crippen molar-refractivity contribution in [1.82, 2.24) is 9.80 Å². The smallest absolute Gasteiger partial charge is 0.335 e. The number of carbonyl (C=O) groups is 2. The molecule has 0 saturated heterocycles. The Morgan fingerprint density at radius 2 is 1.56 bits per heavy atom. The summed E-state index contributed by atoms with van der Waals surface area (Å²) in [5.41, 5.74) is 3.21. The summed E-state index contributed by atoms with van der Waals surface area (Å²) in [5, 5.41) is 19.3. The number of hydrogen-bond donors (Lipinski definition) is 2. The summed E-state index contributed by atoms with van der Waals surface area (Å²) in [7, 11) is 4.11. The van der Waals surface area contributed by atoms with Gasteiger partial charge in [0.1, 0.15) is 0 Å². The van der Waals surface area contributed by atoms with E-state index < -0.39 is 5.97 Å². The van der Waals surface area contributed by atoms with Gasteiger partial charge in [-0.05, 0) is 141 Å². The monoisotopic (exact) mass is 618 g/mol. The number of amides is 1. The van der Waals surface area contributed by atoms with Crippen molar-refractivity contribution in [2.24, 2.45) is 51.2 Å². The number of hydrogen-bond acceptors (Lipinski definition) is 4. The second-order valence-electron chi connectivity index (χ2n) is 16.9. The Bertz CT molecular complexity index is 1320. The first-order valence-corrected chi connectivity index (χ1v) is 17.9. The SMILES string of the molecule is CN(C)CCN(CCO)C(=O)C12CCCC1C1CCC3C(C)(CCC4C(C)(C)C(c5ccc(C(=O)O)cc5)=CCC43C)C1CC2. The van der Waals surface area contributed by atoms with Crippen LogP contribution in [0.25, 0.3) is 5.57 Å². The summed E-state index contributed by atoms with van der Waals surface area (Å²) in [6, 6.07) is 7.53. The molecule has 0 radical (unpaired) electrons. The highest BCUT2D eigenvalue weighted by Gasteiger charge is 2.66. The summed E-state index contributed by atoms with van der Waals surface area (Å²) >= 11 is 0. The van der Waals surface area contributed by atoms with Gasteiger partial charge in [-0.15, -0.1) is 0 Å². The predicted octanol–water partition coefficient (Wildman–Crippen LogP) is 7.23. The predicted molar refractivity (Wildman–Crippen MR) is 180 cm³/mol. The molecule has 0 aromatic heterocycles. The van der Waals surface area contributed by atoms with Crippen molar-refractivity contribution in [3.63, 3.8) is 0 Å². The average molecular weight is 619 g/mol. The minimum Gasteiger partial charge on any atom is -0.478 e. The van der Waals surface area contributed by atoms with Crippen LogP contribution in [-0.2, 0) is 4.79 Å². The molecule has 5 aliphatic rings. The number of nitrogens with zero attached hydrogens (tertiary/aromatic N) is 2. The molecule has 8 atom stereocenters. The first-order valence-electron chi connectivity index (χ1n) is 17.9. The van der Waals surface area contributed by atoms with Gasteiger partial charge < -0.3 is 20.0 Å². The van der Waals surface area contributed by atoms with E-state index in [9.17, 15) is 19.8 Å². The van der Waals surface area contributed by atoms with E-state index in [-0.39, 0.29) is 22.9 Å². The quantitative estimate of drug-likeness (QED) is 0.321. The van der Waals surface area contributed by atoms with E-state index >= 15 is 0 Å². The fourth-order valence-corrected chi connectivity index (χ4v) is 12.5. The van der Waals surface area contributed by atoms with E-state index in [1.807, 2.05) is 17.0 Å². The molecule has 0 spiro atoms. The maximum Gasteiger partial charge on any atom is 0.335 e. The van der Waals surface area contributed by atoms with Crippen molar-refractivity contribution < 1.29 is 19.8 Å². The minimum absolute atomic E-state index is 0.0121. The van der Waals surface area contributed by atoms with Crippen LogP contribution in [0.3, 0.4) is 0 Å². The summed E-state index contributed by atoms with van der Waals surface area (Å²) in [6.45, 7) is 12.1. The summed E-state index contributed by atoms with van der Waals surface area (Å²) in [6.07, 6.45) is 14.2. The zero-order valence-electron chi connectivity index (χ0n) is 28.8. The number of carboxylic acid groups (broad SMARTS) is 1. The maximum atomic E-state index is 14.4. The van der Waals surface area contributed by atoms with Crippen LogP contribution in [-0.4, -0.2) is 72.2 Å². The van der Waals surface area contributed by atoms with Gasteiger partial charge >= 0.3 is 5.97 Å². The number of rotatable bonds is 8. The van der Waals surface area contributed by atoms with Gasteiger partial charge in [-0.2, -0.15) is 0 Å². The number of likely N-dealkylation sites (N-methyl/N-ethyl adjacent to an activating group) is 1. The lowest BCUT2D eigenvalue weighted by molar-refractivity contribution is -0.185. The first-order chi connectivity index (χ1) is 21.3. The molecule has 5 aliphatic carbocycles. The number of fused-ring (bicyclic) bond motifs is 7. The van der Waals surface area contributed by atoms with Gasteiger partial charge in [0.05, 0.1) is 17.6 Å². The van der Waals surface area contributed by atoms with Gasteiger partial charge in [0.2, 0.25) is 5.91 Å². The van der Waals surface area contributed by atoms with E-state index in [1.54, 1.807) is 12.1 Å². The number of aromatic carboxylic acids is 1. The molecule has 6 nitrogen and oxygen atoms in total. The van der Waals surface area contributed by atoms with Crippen molar-refractivity contribution >= 4 is 17.4 Å². The largest absolute Gasteiger partial charge is 0.478 e. The molecule has 1 amide bonds. The molecule has 2 N–H and O–H groups in total. The summed E-state index contributed by atoms with van der Waals surface area (Å²) < 4.78 is 0. The number of aliphatic hydroxyl groups is 1. The molecule has 8 unspecified atom stereocenters. The van der Waals surface area contributed by atoms with E-state index in [2.05, 4.69) is 52.8 Å². The summed E-state index contributed by atoms with van der Waals surface area (Å²) in [4.78, 5) is 30.0. The molecule has 0 bridgehead atoms. The van der Waals surface area contributed by atoms with Gasteiger partial charge in [-0.1, -0.05) is 52.3 Å². The van der Waals surface area contributed by atoms with Gasteiger partial charge in [0, 0.05) is 19.6 Å². The Balaban J connectivity index is 1.26.